The highest BCUT2D eigenvalue weighted by Crippen LogP contribution is 2.40. The van der Waals surface area contributed by atoms with Gasteiger partial charge in [-0.25, -0.2) is 0 Å². The molecule has 0 bridgehead atoms. The Morgan fingerprint density at radius 3 is 1.68 bits per heavy atom. The summed E-state index contributed by atoms with van der Waals surface area (Å²) in [6, 6.07) is 47.9. The van der Waals surface area contributed by atoms with E-state index >= 15 is 0 Å². The number of aromatic nitrogens is 4. The molecule has 0 fully saturated rings. The number of hydrogen-bond donors (Lipinski definition) is 0. The molecule has 220 valence electrons. The van der Waals surface area contributed by atoms with Crippen LogP contribution in [0, 0.1) is 0 Å². The van der Waals surface area contributed by atoms with Crippen molar-refractivity contribution in [1.82, 2.24) is 19.5 Å². The van der Waals surface area contributed by atoms with Gasteiger partial charge in [-0.1, -0.05) is 72.8 Å². The van der Waals surface area contributed by atoms with Crippen molar-refractivity contribution >= 4 is 32.6 Å². The number of hydrogen-bond acceptors (Lipinski definition) is 3. The minimum absolute atomic E-state index is 1.07. The number of fused-ring (bicyclic) bond motifs is 5. The molecule has 5 aromatic carbocycles. The standard InChI is InChI=1S/C43H28N4/c1-2-7-38(8-3-1)47-42-26-34(37-25-36(27-46-28-37)30-17-21-45-22-18-30)10-13-40(42)41-14-11-35-24-33(9-12-39(35)43(41)47)32-6-4-5-31(23-32)29-15-19-44-20-16-29/h1-28H. The molecule has 0 aliphatic rings. The Bertz CT molecular complexity index is 2550. The summed E-state index contributed by atoms with van der Waals surface area (Å²) < 4.78 is 2.42. The zero-order chi connectivity index (χ0) is 31.2. The van der Waals surface area contributed by atoms with Crippen LogP contribution in [0.2, 0.25) is 0 Å². The summed E-state index contributed by atoms with van der Waals surface area (Å²) in [6.07, 6.45) is 11.2. The van der Waals surface area contributed by atoms with Crippen molar-refractivity contribution in [3.8, 4) is 50.2 Å². The monoisotopic (exact) mass is 600 g/mol. The molecular weight excluding hydrogens is 573 g/mol. The van der Waals surface area contributed by atoms with Crippen LogP contribution < -0.4 is 0 Å². The molecule has 4 aromatic heterocycles. The van der Waals surface area contributed by atoms with Gasteiger partial charge in [0, 0.05) is 70.2 Å². The fourth-order valence-electron chi connectivity index (χ4n) is 6.76. The van der Waals surface area contributed by atoms with Crippen LogP contribution in [0.25, 0.3) is 82.8 Å². The highest BCUT2D eigenvalue weighted by molar-refractivity contribution is 6.19. The molecule has 0 spiro atoms. The molecule has 9 aromatic rings. The van der Waals surface area contributed by atoms with Crippen LogP contribution >= 0.6 is 0 Å². The minimum atomic E-state index is 1.07. The molecule has 0 aliphatic carbocycles. The summed E-state index contributed by atoms with van der Waals surface area (Å²) in [5.41, 5.74) is 12.6. The van der Waals surface area contributed by atoms with Crippen LogP contribution in [0.4, 0.5) is 0 Å². The molecule has 4 nitrogen and oxygen atoms in total. The summed E-state index contributed by atoms with van der Waals surface area (Å²) in [5, 5.41) is 4.89. The van der Waals surface area contributed by atoms with Gasteiger partial charge < -0.3 is 4.57 Å². The van der Waals surface area contributed by atoms with Crippen molar-refractivity contribution < 1.29 is 0 Å². The van der Waals surface area contributed by atoms with Crippen molar-refractivity contribution in [1.29, 1.82) is 0 Å². The Morgan fingerprint density at radius 1 is 0.362 bits per heavy atom. The first-order valence-electron chi connectivity index (χ1n) is 15.7. The highest BCUT2D eigenvalue weighted by Gasteiger charge is 2.17. The van der Waals surface area contributed by atoms with Gasteiger partial charge in [0.05, 0.1) is 11.0 Å². The summed E-state index contributed by atoms with van der Waals surface area (Å²) in [5.74, 6) is 0. The second kappa shape index (κ2) is 11.2. The third kappa shape index (κ3) is 4.75. The van der Waals surface area contributed by atoms with Gasteiger partial charge in [0.25, 0.3) is 0 Å². The van der Waals surface area contributed by atoms with E-state index < -0.39 is 0 Å². The molecule has 0 aliphatic heterocycles. The SMILES string of the molecule is c1ccc(-n2c3cc(-c4cncc(-c5ccncc5)c4)ccc3c3ccc4cc(-c5cccc(-c6ccncc6)c5)ccc4c32)cc1. The highest BCUT2D eigenvalue weighted by atomic mass is 15.0. The fourth-order valence-corrected chi connectivity index (χ4v) is 6.76. The van der Waals surface area contributed by atoms with E-state index in [-0.39, 0.29) is 0 Å². The first-order chi connectivity index (χ1) is 23.3. The van der Waals surface area contributed by atoms with Gasteiger partial charge in [-0.15, -0.1) is 0 Å². The molecule has 9 rings (SSSR count). The van der Waals surface area contributed by atoms with Crippen molar-refractivity contribution in [2.24, 2.45) is 0 Å². The van der Waals surface area contributed by atoms with Gasteiger partial charge in [-0.3, -0.25) is 15.0 Å². The van der Waals surface area contributed by atoms with E-state index in [4.69, 9.17) is 0 Å². The summed E-state index contributed by atoms with van der Waals surface area (Å²) >= 11 is 0. The van der Waals surface area contributed by atoms with Crippen LogP contribution in [0.15, 0.2) is 171 Å². The van der Waals surface area contributed by atoms with Crippen LogP contribution in [-0.2, 0) is 0 Å². The van der Waals surface area contributed by atoms with Crippen molar-refractivity contribution in [2.45, 2.75) is 0 Å². The Hall–Kier alpha value is -6.39. The quantitative estimate of drug-likeness (QED) is 0.197. The van der Waals surface area contributed by atoms with E-state index in [9.17, 15) is 0 Å². The first-order valence-corrected chi connectivity index (χ1v) is 15.7. The summed E-state index contributed by atoms with van der Waals surface area (Å²) in [6.45, 7) is 0. The van der Waals surface area contributed by atoms with E-state index in [0.717, 1.165) is 33.5 Å². The Kier molecular flexibility index (Phi) is 6.43. The average molecular weight is 601 g/mol. The Balaban J connectivity index is 1.23. The molecule has 0 atom stereocenters. The van der Waals surface area contributed by atoms with Crippen molar-refractivity contribution in [2.75, 3.05) is 0 Å². The first kappa shape index (κ1) is 27.0. The van der Waals surface area contributed by atoms with E-state index in [1.165, 1.54) is 49.3 Å². The molecule has 47 heavy (non-hydrogen) atoms. The zero-order valence-electron chi connectivity index (χ0n) is 25.5. The number of nitrogens with zero attached hydrogens (tertiary/aromatic N) is 4. The van der Waals surface area contributed by atoms with Gasteiger partial charge in [0.1, 0.15) is 0 Å². The Morgan fingerprint density at radius 2 is 0.936 bits per heavy atom. The zero-order valence-corrected chi connectivity index (χ0v) is 25.5. The molecule has 0 N–H and O–H groups in total. The molecular formula is C43H28N4. The maximum Gasteiger partial charge on any atom is 0.0619 e. The number of rotatable bonds is 5. The minimum Gasteiger partial charge on any atom is -0.309 e. The summed E-state index contributed by atoms with van der Waals surface area (Å²) in [7, 11) is 0. The second-order valence-electron chi connectivity index (χ2n) is 11.8. The van der Waals surface area contributed by atoms with Gasteiger partial charge in [0.15, 0.2) is 0 Å². The number of benzene rings is 5. The average Bonchev–Trinajstić information content (AvgIpc) is 3.50. The van der Waals surface area contributed by atoms with E-state index in [1.807, 2.05) is 49.3 Å². The maximum atomic E-state index is 4.61. The normalized spacial score (nSPS) is 11.4. The van der Waals surface area contributed by atoms with Crippen LogP contribution in [0.5, 0.6) is 0 Å². The lowest BCUT2D eigenvalue weighted by atomic mass is 9.96. The Labute approximate surface area is 272 Å². The van der Waals surface area contributed by atoms with E-state index in [1.54, 1.807) is 0 Å². The largest absolute Gasteiger partial charge is 0.309 e. The van der Waals surface area contributed by atoms with Crippen LogP contribution in [-0.4, -0.2) is 19.5 Å². The number of pyridine rings is 3. The van der Waals surface area contributed by atoms with Gasteiger partial charge in [0.2, 0.25) is 0 Å². The van der Waals surface area contributed by atoms with E-state index in [0.29, 0.717) is 0 Å². The molecule has 4 heteroatoms. The molecule has 0 saturated heterocycles. The van der Waals surface area contributed by atoms with Crippen molar-refractivity contribution in [3.05, 3.63) is 171 Å². The molecule has 0 saturated carbocycles. The smallest absolute Gasteiger partial charge is 0.0619 e. The van der Waals surface area contributed by atoms with Gasteiger partial charge in [-0.05, 0) is 99.4 Å². The maximum absolute atomic E-state index is 4.61. The summed E-state index contributed by atoms with van der Waals surface area (Å²) in [4.78, 5) is 13.0. The van der Waals surface area contributed by atoms with Gasteiger partial charge >= 0.3 is 0 Å². The topological polar surface area (TPSA) is 43.6 Å². The lowest BCUT2D eigenvalue weighted by Gasteiger charge is -2.12. The lowest BCUT2D eigenvalue weighted by Crippen LogP contribution is -1.94. The number of para-hydroxylation sites is 1. The fraction of sp³-hybridized carbons (Fsp3) is 0. The molecule has 4 heterocycles. The predicted molar refractivity (Wildman–Crippen MR) is 193 cm³/mol. The second-order valence-corrected chi connectivity index (χ2v) is 11.8. The molecule has 0 unspecified atom stereocenters. The predicted octanol–water partition coefficient (Wildman–Crippen LogP) is 10.8. The third-order valence-electron chi connectivity index (χ3n) is 9.05. The molecule has 0 amide bonds. The molecule has 0 radical (unpaired) electrons. The van der Waals surface area contributed by atoms with E-state index in [2.05, 4.69) is 141 Å². The van der Waals surface area contributed by atoms with Crippen LogP contribution in [0.3, 0.4) is 0 Å². The third-order valence-corrected chi connectivity index (χ3v) is 9.05. The lowest BCUT2D eigenvalue weighted by molar-refractivity contribution is 1.19. The van der Waals surface area contributed by atoms with Crippen molar-refractivity contribution in [3.63, 3.8) is 0 Å². The van der Waals surface area contributed by atoms with Crippen LogP contribution in [0.1, 0.15) is 0 Å². The van der Waals surface area contributed by atoms with Gasteiger partial charge in [-0.2, -0.15) is 0 Å².